The maximum atomic E-state index is 12.8. The second-order valence-electron chi connectivity index (χ2n) is 7.59. The van der Waals surface area contributed by atoms with Gasteiger partial charge in [0, 0.05) is 12.3 Å². The molecular formula is C18H35N7O6S. The molecule has 14 heteroatoms. The summed E-state index contributed by atoms with van der Waals surface area (Å²) < 4.78 is 0. The summed E-state index contributed by atoms with van der Waals surface area (Å²) >= 11 is 3.85. The number of carbonyl (C=O) groups is 4. The van der Waals surface area contributed by atoms with E-state index in [0.29, 0.717) is 6.42 Å². The molecule has 0 aliphatic heterocycles. The van der Waals surface area contributed by atoms with Crippen molar-refractivity contribution in [3.63, 3.8) is 0 Å². The third-order valence-electron chi connectivity index (χ3n) is 4.46. The number of thiol groups is 1. The smallest absolute Gasteiger partial charge is 0.327 e. The Morgan fingerprint density at radius 1 is 0.969 bits per heavy atom. The maximum absolute atomic E-state index is 12.8. The number of hydrogen-bond acceptors (Lipinski definition) is 8. The number of nitrogens with zero attached hydrogens (tertiary/aromatic N) is 1. The van der Waals surface area contributed by atoms with Crippen LogP contribution < -0.4 is 33.2 Å². The van der Waals surface area contributed by atoms with E-state index in [0.717, 1.165) is 0 Å². The van der Waals surface area contributed by atoms with Crippen LogP contribution in [0.1, 0.15) is 33.6 Å². The Bertz CT molecular complexity index is 685. The van der Waals surface area contributed by atoms with Crippen molar-refractivity contribution in [2.45, 2.75) is 63.9 Å². The molecule has 0 aromatic rings. The summed E-state index contributed by atoms with van der Waals surface area (Å²) in [6, 6.07) is -4.76. The van der Waals surface area contributed by atoms with Crippen LogP contribution in [0.25, 0.3) is 0 Å². The molecule has 0 rings (SSSR count). The topological polar surface area (TPSA) is 235 Å². The number of nitrogens with two attached hydrogens (primary N) is 3. The molecule has 0 fully saturated rings. The number of aliphatic hydroxyl groups excluding tert-OH is 1. The minimum Gasteiger partial charge on any atom is -0.480 e. The van der Waals surface area contributed by atoms with Gasteiger partial charge in [0.1, 0.15) is 18.1 Å². The molecule has 11 N–H and O–H groups in total. The molecule has 0 saturated carbocycles. The first-order valence-electron chi connectivity index (χ1n) is 10.1. The summed E-state index contributed by atoms with van der Waals surface area (Å²) in [5.74, 6) is -4.09. The molecule has 3 amide bonds. The summed E-state index contributed by atoms with van der Waals surface area (Å²) in [5.41, 5.74) is 16.4. The van der Waals surface area contributed by atoms with Crippen LogP contribution in [0, 0.1) is 5.92 Å². The van der Waals surface area contributed by atoms with Gasteiger partial charge in [-0.05, 0) is 25.7 Å². The fourth-order valence-electron chi connectivity index (χ4n) is 2.45. The van der Waals surface area contributed by atoms with E-state index in [1.807, 2.05) is 0 Å². The molecule has 0 heterocycles. The van der Waals surface area contributed by atoms with Gasteiger partial charge in [-0.1, -0.05) is 13.8 Å². The molecule has 32 heavy (non-hydrogen) atoms. The number of hydrogen-bond donors (Lipinski definition) is 9. The summed E-state index contributed by atoms with van der Waals surface area (Å²) in [6.45, 7) is 4.93. The molecule has 0 aromatic heterocycles. The highest BCUT2D eigenvalue weighted by Crippen LogP contribution is 2.05. The van der Waals surface area contributed by atoms with Crippen molar-refractivity contribution >= 4 is 42.3 Å². The Kier molecular flexibility index (Phi) is 13.3. The first kappa shape index (κ1) is 29.4. The summed E-state index contributed by atoms with van der Waals surface area (Å²) in [5, 5.41) is 26.1. The van der Waals surface area contributed by atoms with Crippen LogP contribution in [-0.2, 0) is 19.2 Å². The number of carboxylic acids is 1. The minimum absolute atomic E-state index is 0.113. The molecule has 0 bridgehead atoms. The molecule has 0 aromatic carbocycles. The van der Waals surface area contributed by atoms with E-state index in [1.165, 1.54) is 6.92 Å². The molecule has 184 valence electrons. The molecule has 5 unspecified atom stereocenters. The Labute approximate surface area is 192 Å². The number of nitrogens with one attached hydrogen (secondary N) is 3. The Morgan fingerprint density at radius 3 is 1.97 bits per heavy atom. The number of guanidine groups is 1. The zero-order chi connectivity index (χ0) is 25.0. The minimum atomic E-state index is -1.47. The SMILES string of the molecule is CC(C)C(N)C(=O)NC(CCCN=C(N)N)C(=O)NC(C(=O)NC(CS)C(=O)O)C(C)O. The predicted octanol–water partition coefficient (Wildman–Crippen LogP) is -3.13. The fourth-order valence-corrected chi connectivity index (χ4v) is 2.70. The lowest BCUT2D eigenvalue weighted by Gasteiger charge is -2.26. The largest absolute Gasteiger partial charge is 0.480 e. The van der Waals surface area contributed by atoms with Crippen LogP contribution in [-0.4, -0.2) is 82.4 Å². The van der Waals surface area contributed by atoms with Gasteiger partial charge in [0.2, 0.25) is 17.7 Å². The van der Waals surface area contributed by atoms with Crippen molar-refractivity contribution in [3.8, 4) is 0 Å². The summed E-state index contributed by atoms with van der Waals surface area (Å²) in [7, 11) is 0. The maximum Gasteiger partial charge on any atom is 0.327 e. The quantitative estimate of drug-likeness (QED) is 0.0531. The summed E-state index contributed by atoms with van der Waals surface area (Å²) in [4.78, 5) is 52.6. The van der Waals surface area contributed by atoms with Gasteiger partial charge < -0.3 is 43.4 Å². The van der Waals surface area contributed by atoms with Gasteiger partial charge in [-0.15, -0.1) is 0 Å². The van der Waals surface area contributed by atoms with Crippen LogP contribution in [0.2, 0.25) is 0 Å². The van der Waals surface area contributed by atoms with Gasteiger partial charge in [-0.3, -0.25) is 19.4 Å². The van der Waals surface area contributed by atoms with E-state index in [1.54, 1.807) is 13.8 Å². The van der Waals surface area contributed by atoms with Gasteiger partial charge in [0.15, 0.2) is 5.96 Å². The van der Waals surface area contributed by atoms with E-state index in [-0.39, 0.29) is 30.6 Å². The van der Waals surface area contributed by atoms with Gasteiger partial charge in [0.05, 0.1) is 12.1 Å². The van der Waals surface area contributed by atoms with E-state index in [4.69, 9.17) is 22.3 Å². The normalized spacial score (nSPS) is 15.6. The Balaban J connectivity index is 5.44. The standard InChI is InChI=1S/C18H35N7O6S/c1-8(2)12(19)15(28)23-10(5-4-6-22-18(20)21)14(27)25-13(9(3)26)16(29)24-11(7-32)17(30)31/h8-13,26,32H,4-7,19H2,1-3H3,(H,23,28)(H,24,29)(H,25,27)(H,30,31)(H4,20,21,22). The highest BCUT2D eigenvalue weighted by atomic mass is 32.1. The molecule has 13 nitrogen and oxygen atoms in total. The molecule has 0 radical (unpaired) electrons. The van der Waals surface area contributed by atoms with Crippen molar-refractivity contribution in [1.29, 1.82) is 0 Å². The molecular weight excluding hydrogens is 442 g/mol. The second kappa shape index (κ2) is 14.5. The van der Waals surface area contributed by atoms with E-state index < -0.39 is 54.0 Å². The van der Waals surface area contributed by atoms with Gasteiger partial charge in [-0.2, -0.15) is 12.6 Å². The third-order valence-corrected chi connectivity index (χ3v) is 4.82. The summed E-state index contributed by atoms with van der Waals surface area (Å²) in [6.07, 6.45) is -0.925. The molecule has 5 atom stereocenters. The Morgan fingerprint density at radius 2 is 1.53 bits per heavy atom. The predicted molar refractivity (Wildman–Crippen MR) is 122 cm³/mol. The van der Waals surface area contributed by atoms with Crippen LogP contribution in [0.4, 0.5) is 0 Å². The average molecular weight is 478 g/mol. The van der Waals surface area contributed by atoms with Crippen LogP contribution in [0.3, 0.4) is 0 Å². The molecule has 0 saturated heterocycles. The lowest BCUT2D eigenvalue weighted by atomic mass is 10.0. The van der Waals surface area contributed by atoms with Crippen molar-refractivity contribution in [3.05, 3.63) is 0 Å². The highest BCUT2D eigenvalue weighted by molar-refractivity contribution is 7.80. The van der Waals surface area contributed by atoms with E-state index in [9.17, 15) is 24.3 Å². The Hall–Kier alpha value is -2.58. The molecule has 0 aliphatic rings. The van der Waals surface area contributed by atoms with Crippen molar-refractivity contribution in [2.24, 2.45) is 28.1 Å². The van der Waals surface area contributed by atoms with Crippen LogP contribution >= 0.6 is 12.6 Å². The van der Waals surface area contributed by atoms with Crippen LogP contribution in [0.15, 0.2) is 4.99 Å². The van der Waals surface area contributed by atoms with Gasteiger partial charge >= 0.3 is 5.97 Å². The lowest BCUT2D eigenvalue weighted by Crippen LogP contribution is -2.60. The average Bonchev–Trinajstić information content (AvgIpc) is 2.70. The first-order chi connectivity index (χ1) is 14.8. The van der Waals surface area contributed by atoms with Gasteiger partial charge in [-0.25, -0.2) is 4.79 Å². The highest BCUT2D eigenvalue weighted by Gasteiger charge is 2.32. The van der Waals surface area contributed by atoms with Crippen molar-refractivity contribution in [1.82, 2.24) is 16.0 Å². The number of aliphatic imine (C=N–C) groups is 1. The van der Waals surface area contributed by atoms with E-state index in [2.05, 4.69) is 33.6 Å². The van der Waals surface area contributed by atoms with Crippen LogP contribution in [0.5, 0.6) is 0 Å². The number of aliphatic hydroxyl groups is 1. The number of carboxylic acid groups (broad SMARTS) is 1. The molecule has 0 spiro atoms. The van der Waals surface area contributed by atoms with Crippen molar-refractivity contribution in [2.75, 3.05) is 12.3 Å². The molecule has 0 aliphatic carbocycles. The first-order valence-corrected chi connectivity index (χ1v) is 10.7. The number of aliphatic carboxylic acids is 1. The van der Waals surface area contributed by atoms with E-state index >= 15 is 0 Å². The number of carbonyl (C=O) groups excluding carboxylic acids is 3. The fraction of sp³-hybridized carbons (Fsp3) is 0.722. The van der Waals surface area contributed by atoms with Crippen molar-refractivity contribution < 1.29 is 29.4 Å². The zero-order valence-electron chi connectivity index (χ0n) is 18.4. The lowest BCUT2D eigenvalue weighted by molar-refractivity contribution is -0.142. The third kappa shape index (κ3) is 10.6. The van der Waals surface area contributed by atoms with Gasteiger partial charge in [0.25, 0.3) is 0 Å². The monoisotopic (exact) mass is 477 g/mol. The second-order valence-corrected chi connectivity index (χ2v) is 7.95. The zero-order valence-corrected chi connectivity index (χ0v) is 19.3. The number of amides is 3. The number of rotatable bonds is 14.